The molecule has 1 aromatic carbocycles. The van der Waals surface area contributed by atoms with E-state index in [2.05, 4.69) is 15.2 Å². The highest BCUT2D eigenvalue weighted by Gasteiger charge is 2.16. The maximum atomic E-state index is 14.2. The molecule has 0 aliphatic rings. The Kier molecular flexibility index (Phi) is 4.28. The van der Waals surface area contributed by atoms with Crippen molar-refractivity contribution in [1.82, 2.24) is 15.2 Å². The lowest BCUT2D eigenvalue weighted by molar-refractivity contribution is 0.471. The van der Waals surface area contributed by atoms with Crippen molar-refractivity contribution in [1.29, 1.82) is 0 Å². The number of aryl methyl sites for hydroxylation is 1. The van der Waals surface area contributed by atoms with Gasteiger partial charge in [-0.3, -0.25) is 0 Å². The predicted molar refractivity (Wildman–Crippen MR) is 98.6 cm³/mol. The number of nitrogens with zero attached hydrogens (tertiary/aromatic N) is 3. The molecule has 0 saturated heterocycles. The van der Waals surface area contributed by atoms with Crippen LogP contribution in [0.1, 0.15) is 16.7 Å². The van der Waals surface area contributed by atoms with E-state index in [0.29, 0.717) is 27.7 Å². The van der Waals surface area contributed by atoms with Crippen LogP contribution in [0.15, 0.2) is 45.2 Å². The standard InChI is InChI=1S/C18H13FN4O3S/c1-9-12-3-2-11(25-18-23-22-8-27-18)7-14(12)26-17(24)13(9)6-10-4-5-21-16(20)15(10)19/h2-5,7-8H,6H2,1H3,(H2,20,21). The summed E-state index contributed by atoms with van der Waals surface area (Å²) in [5.74, 6) is -0.353. The zero-order valence-corrected chi connectivity index (χ0v) is 14.9. The van der Waals surface area contributed by atoms with Gasteiger partial charge in [-0.25, -0.2) is 14.2 Å². The normalized spacial score (nSPS) is 11.0. The van der Waals surface area contributed by atoms with Gasteiger partial charge in [0.05, 0.1) is 0 Å². The first-order chi connectivity index (χ1) is 13.0. The molecule has 0 unspecified atom stereocenters. The van der Waals surface area contributed by atoms with Gasteiger partial charge in [-0.1, -0.05) is 16.4 Å². The Hall–Kier alpha value is -3.33. The molecule has 0 aliphatic heterocycles. The molecule has 0 spiro atoms. The summed E-state index contributed by atoms with van der Waals surface area (Å²) in [7, 11) is 0. The van der Waals surface area contributed by atoms with E-state index < -0.39 is 11.4 Å². The second kappa shape index (κ2) is 6.76. The molecule has 136 valence electrons. The van der Waals surface area contributed by atoms with E-state index >= 15 is 0 Å². The summed E-state index contributed by atoms with van der Waals surface area (Å²) >= 11 is 1.25. The average molecular weight is 384 g/mol. The fraction of sp³-hybridized carbons (Fsp3) is 0.111. The highest BCUT2D eigenvalue weighted by atomic mass is 32.1. The van der Waals surface area contributed by atoms with Crippen LogP contribution in [0.25, 0.3) is 11.0 Å². The number of fused-ring (bicyclic) bond motifs is 1. The van der Waals surface area contributed by atoms with Crippen LogP contribution in [0.4, 0.5) is 10.2 Å². The maximum Gasteiger partial charge on any atom is 0.340 e. The molecule has 4 aromatic rings. The number of aromatic nitrogens is 3. The second-order valence-corrected chi connectivity index (χ2v) is 6.60. The molecule has 0 aliphatic carbocycles. The lowest BCUT2D eigenvalue weighted by atomic mass is 10.00. The number of rotatable bonds is 4. The van der Waals surface area contributed by atoms with Crippen molar-refractivity contribution in [3.05, 3.63) is 68.9 Å². The van der Waals surface area contributed by atoms with Crippen molar-refractivity contribution in [3.8, 4) is 10.9 Å². The van der Waals surface area contributed by atoms with E-state index in [1.807, 2.05) is 0 Å². The van der Waals surface area contributed by atoms with Crippen molar-refractivity contribution >= 4 is 28.1 Å². The van der Waals surface area contributed by atoms with Gasteiger partial charge in [-0.05, 0) is 36.2 Å². The number of ether oxygens (including phenoxy) is 1. The fourth-order valence-electron chi connectivity index (χ4n) is 2.78. The van der Waals surface area contributed by atoms with Gasteiger partial charge in [0, 0.05) is 29.6 Å². The largest absolute Gasteiger partial charge is 0.430 e. The van der Waals surface area contributed by atoms with Gasteiger partial charge in [-0.15, -0.1) is 5.10 Å². The lowest BCUT2D eigenvalue weighted by Crippen LogP contribution is -2.12. The molecule has 0 radical (unpaired) electrons. The maximum absolute atomic E-state index is 14.2. The van der Waals surface area contributed by atoms with Crippen LogP contribution in [0.5, 0.6) is 10.9 Å². The molecular formula is C18H13FN4O3S. The summed E-state index contributed by atoms with van der Waals surface area (Å²) in [6, 6.07) is 6.63. The van der Waals surface area contributed by atoms with E-state index in [1.54, 1.807) is 30.6 Å². The Morgan fingerprint density at radius 1 is 1.33 bits per heavy atom. The zero-order chi connectivity index (χ0) is 19.0. The number of nitrogen functional groups attached to an aromatic ring is 1. The second-order valence-electron chi connectivity index (χ2n) is 5.80. The lowest BCUT2D eigenvalue weighted by Gasteiger charge is -2.10. The monoisotopic (exact) mass is 384 g/mol. The summed E-state index contributed by atoms with van der Waals surface area (Å²) in [6.45, 7) is 1.79. The van der Waals surface area contributed by atoms with Gasteiger partial charge in [-0.2, -0.15) is 0 Å². The third-order valence-electron chi connectivity index (χ3n) is 4.17. The van der Waals surface area contributed by atoms with Crippen molar-refractivity contribution in [2.24, 2.45) is 0 Å². The van der Waals surface area contributed by atoms with E-state index in [9.17, 15) is 9.18 Å². The van der Waals surface area contributed by atoms with Gasteiger partial charge >= 0.3 is 5.63 Å². The van der Waals surface area contributed by atoms with E-state index in [0.717, 1.165) is 5.39 Å². The first-order valence-corrected chi connectivity index (χ1v) is 8.80. The number of halogens is 1. The minimum absolute atomic E-state index is 0.0612. The van der Waals surface area contributed by atoms with Crippen molar-refractivity contribution in [2.75, 3.05) is 5.73 Å². The Balaban J connectivity index is 1.75. The van der Waals surface area contributed by atoms with E-state index in [-0.39, 0.29) is 17.8 Å². The molecule has 3 aromatic heterocycles. The number of hydrogen-bond donors (Lipinski definition) is 1. The van der Waals surface area contributed by atoms with Gasteiger partial charge in [0.1, 0.15) is 16.8 Å². The van der Waals surface area contributed by atoms with Crippen LogP contribution < -0.4 is 16.1 Å². The smallest absolute Gasteiger partial charge is 0.340 e. The first-order valence-electron chi connectivity index (χ1n) is 7.92. The Bertz CT molecular complexity index is 1190. The summed E-state index contributed by atoms with van der Waals surface area (Å²) in [5, 5.41) is 8.62. The topological polar surface area (TPSA) is 104 Å². The van der Waals surface area contributed by atoms with Gasteiger partial charge < -0.3 is 14.9 Å². The summed E-state index contributed by atoms with van der Waals surface area (Å²) in [4.78, 5) is 16.2. The Labute approximate surface area is 156 Å². The predicted octanol–water partition coefficient (Wildman–Crippen LogP) is 3.45. The van der Waals surface area contributed by atoms with Crippen LogP contribution in [-0.2, 0) is 6.42 Å². The van der Waals surface area contributed by atoms with Crippen LogP contribution >= 0.6 is 11.3 Å². The number of anilines is 1. The van der Waals surface area contributed by atoms with Crippen LogP contribution in [0.2, 0.25) is 0 Å². The minimum atomic E-state index is -0.628. The number of nitrogens with two attached hydrogens (primary N) is 1. The number of benzene rings is 1. The SMILES string of the molecule is Cc1c(Cc2ccnc(N)c2F)c(=O)oc2cc(Oc3nncs3)ccc12. The molecule has 0 atom stereocenters. The third kappa shape index (κ3) is 3.24. The quantitative estimate of drug-likeness (QED) is 0.537. The molecule has 4 rings (SSSR count). The average Bonchev–Trinajstić information content (AvgIpc) is 3.15. The summed E-state index contributed by atoms with van der Waals surface area (Å²) in [5.41, 5.74) is 8.25. The summed E-state index contributed by atoms with van der Waals surface area (Å²) in [6.07, 6.45) is 1.47. The molecule has 2 N–H and O–H groups in total. The Morgan fingerprint density at radius 3 is 2.96 bits per heavy atom. The Morgan fingerprint density at radius 2 is 2.19 bits per heavy atom. The molecule has 0 amide bonds. The molecule has 7 nitrogen and oxygen atoms in total. The first kappa shape index (κ1) is 17.1. The van der Waals surface area contributed by atoms with Crippen LogP contribution in [0, 0.1) is 12.7 Å². The van der Waals surface area contributed by atoms with Crippen LogP contribution in [-0.4, -0.2) is 15.2 Å². The van der Waals surface area contributed by atoms with Crippen molar-refractivity contribution in [3.63, 3.8) is 0 Å². The highest BCUT2D eigenvalue weighted by molar-refractivity contribution is 7.11. The minimum Gasteiger partial charge on any atom is -0.430 e. The van der Waals surface area contributed by atoms with Gasteiger partial charge in [0.2, 0.25) is 0 Å². The molecule has 3 heterocycles. The summed E-state index contributed by atoms with van der Waals surface area (Å²) < 4.78 is 25.2. The third-order valence-corrected chi connectivity index (χ3v) is 4.73. The molecule has 0 bridgehead atoms. The molecular weight excluding hydrogens is 371 g/mol. The zero-order valence-electron chi connectivity index (χ0n) is 14.1. The molecule has 0 saturated carbocycles. The number of pyridine rings is 1. The van der Waals surface area contributed by atoms with Crippen molar-refractivity contribution < 1.29 is 13.5 Å². The highest BCUT2D eigenvalue weighted by Crippen LogP contribution is 2.29. The fourth-order valence-corrected chi connectivity index (χ4v) is 3.20. The molecule has 0 fully saturated rings. The van der Waals surface area contributed by atoms with Gasteiger partial charge in [0.25, 0.3) is 5.19 Å². The van der Waals surface area contributed by atoms with E-state index in [4.69, 9.17) is 14.9 Å². The number of hydrogen-bond acceptors (Lipinski definition) is 8. The van der Waals surface area contributed by atoms with Gasteiger partial charge in [0.15, 0.2) is 11.6 Å². The molecule has 9 heteroatoms. The van der Waals surface area contributed by atoms with Crippen molar-refractivity contribution in [2.45, 2.75) is 13.3 Å². The molecule has 27 heavy (non-hydrogen) atoms. The van der Waals surface area contributed by atoms with E-state index in [1.165, 1.54) is 23.6 Å². The van der Waals surface area contributed by atoms with Crippen LogP contribution in [0.3, 0.4) is 0 Å².